The van der Waals surface area contributed by atoms with Gasteiger partial charge in [-0.05, 0) is 42.3 Å². The van der Waals surface area contributed by atoms with Crippen LogP contribution in [0.25, 0.3) is 0 Å². The van der Waals surface area contributed by atoms with E-state index in [4.69, 9.17) is 0 Å². The van der Waals surface area contributed by atoms with Crippen molar-refractivity contribution < 1.29 is 4.79 Å². The van der Waals surface area contributed by atoms with E-state index in [1.54, 1.807) is 11.0 Å². The molecule has 0 aliphatic carbocycles. The third-order valence-electron chi connectivity index (χ3n) is 3.30. The van der Waals surface area contributed by atoms with Crippen LogP contribution in [0.15, 0.2) is 61.2 Å². The second-order valence-corrected chi connectivity index (χ2v) is 5.24. The molecule has 2 amide bonds. The average Bonchev–Trinajstić information content (AvgIpc) is 3.02. The van der Waals surface area contributed by atoms with Gasteiger partial charge in [0, 0.05) is 11.4 Å². The molecular weight excluding hydrogens is 290 g/mol. The Morgan fingerprint density at radius 2 is 1.87 bits per heavy atom. The summed E-state index contributed by atoms with van der Waals surface area (Å²) >= 11 is 0. The third kappa shape index (κ3) is 4.16. The van der Waals surface area contributed by atoms with Gasteiger partial charge in [-0.1, -0.05) is 24.3 Å². The first-order valence-corrected chi connectivity index (χ1v) is 7.25. The lowest BCUT2D eigenvalue weighted by Crippen LogP contribution is -2.19. The predicted octanol–water partition coefficient (Wildman–Crippen LogP) is 3.28. The molecule has 2 aromatic carbocycles. The number of nitrogens with zero attached hydrogens (tertiary/aromatic N) is 3. The summed E-state index contributed by atoms with van der Waals surface area (Å²) in [4.78, 5) is 15.9. The number of rotatable bonds is 4. The van der Waals surface area contributed by atoms with Gasteiger partial charge in [-0.3, -0.25) is 0 Å². The Hall–Kier alpha value is -3.15. The van der Waals surface area contributed by atoms with Crippen molar-refractivity contribution in [1.29, 1.82) is 0 Å². The van der Waals surface area contributed by atoms with E-state index >= 15 is 0 Å². The SMILES string of the molecule is Cc1cccc(NC(=O)Nc2ccc(Cn3cncn3)cc2)c1. The van der Waals surface area contributed by atoms with Gasteiger partial charge in [0.15, 0.2) is 0 Å². The minimum Gasteiger partial charge on any atom is -0.308 e. The zero-order valence-corrected chi connectivity index (χ0v) is 12.7. The van der Waals surface area contributed by atoms with E-state index < -0.39 is 0 Å². The molecule has 0 bridgehead atoms. The van der Waals surface area contributed by atoms with Gasteiger partial charge >= 0.3 is 6.03 Å². The minimum atomic E-state index is -0.264. The van der Waals surface area contributed by atoms with Crippen molar-refractivity contribution in [3.05, 3.63) is 72.3 Å². The Labute approximate surface area is 134 Å². The number of aryl methyl sites for hydroxylation is 1. The molecule has 3 rings (SSSR count). The lowest BCUT2D eigenvalue weighted by Gasteiger charge is -2.09. The number of carbonyl (C=O) groups excluding carboxylic acids is 1. The molecule has 6 heteroatoms. The number of hydrogen-bond donors (Lipinski definition) is 2. The number of anilines is 2. The molecule has 1 heterocycles. The topological polar surface area (TPSA) is 71.8 Å². The summed E-state index contributed by atoms with van der Waals surface area (Å²) in [5.41, 5.74) is 3.68. The summed E-state index contributed by atoms with van der Waals surface area (Å²) in [5, 5.41) is 9.68. The minimum absolute atomic E-state index is 0.264. The van der Waals surface area contributed by atoms with Gasteiger partial charge in [0.05, 0.1) is 6.54 Å². The molecule has 6 nitrogen and oxygen atoms in total. The summed E-state index contributed by atoms with van der Waals surface area (Å²) in [7, 11) is 0. The van der Waals surface area contributed by atoms with Crippen LogP contribution in [0.5, 0.6) is 0 Å². The molecule has 0 unspecified atom stereocenters. The quantitative estimate of drug-likeness (QED) is 0.777. The first-order valence-electron chi connectivity index (χ1n) is 7.25. The van der Waals surface area contributed by atoms with Crippen LogP contribution in [-0.4, -0.2) is 20.8 Å². The third-order valence-corrected chi connectivity index (χ3v) is 3.30. The van der Waals surface area contributed by atoms with Crippen molar-refractivity contribution in [1.82, 2.24) is 14.8 Å². The molecule has 1 aromatic heterocycles. The predicted molar refractivity (Wildman–Crippen MR) is 89.4 cm³/mol. The number of benzene rings is 2. The Kier molecular flexibility index (Phi) is 4.33. The van der Waals surface area contributed by atoms with E-state index in [2.05, 4.69) is 20.7 Å². The molecule has 23 heavy (non-hydrogen) atoms. The highest BCUT2D eigenvalue weighted by molar-refractivity contribution is 5.99. The van der Waals surface area contributed by atoms with Crippen molar-refractivity contribution >= 4 is 17.4 Å². The van der Waals surface area contributed by atoms with Crippen LogP contribution in [0.4, 0.5) is 16.2 Å². The van der Waals surface area contributed by atoms with Gasteiger partial charge < -0.3 is 10.6 Å². The van der Waals surface area contributed by atoms with Crippen LogP contribution in [0.3, 0.4) is 0 Å². The van der Waals surface area contributed by atoms with Crippen LogP contribution in [0.1, 0.15) is 11.1 Å². The first kappa shape index (κ1) is 14.8. The number of aromatic nitrogens is 3. The maximum Gasteiger partial charge on any atom is 0.323 e. The van der Waals surface area contributed by atoms with Gasteiger partial charge in [0.2, 0.25) is 0 Å². The fourth-order valence-corrected chi connectivity index (χ4v) is 2.21. The normalized spacial score (nSPS) is 10.3. The average molecular weight is 307 g/mol. The molecule has 116 valence electrons. The molecule has 0 saturated carbocycles. The highest BCUT2D eigenvalue weighted by atomic mass is 16.2. The molecule has 0 aliphatic rings. The molecular formula is C17H17N5O. The van der Waals surface area contributed by atoms with Gasteiger partial charge in [-0.15, -0.1) is 0 Å². The molecule has 0 saturated heterocycles. The zero-order chi connectivity index (χ0) is 16.1. The summed E-state index contributed by atoms with van der Waals surface area (Å²) < 4.78 is 1.74. The molecule has 0 spiro atoms. The Bertz CT molecular complexity index is 781. The molecule has 0 atom stereocenters. The second kappa shape index (κ2) is 6.74. The van der Waals surface area contributed by atoms with Crippen LogP contribution < -0.4 is 10.6 Å². The first-order chi connectivity index (χ1) is 11.2. The fourth-order valence-electron chi connectivity index (χ4n) is 2.21. The van der Waals surface area contributed by atoms with Crippen molar-refractivity contribution in [3.63, 3.8) is 0 Å². The summed E-state index contributed by atoms with van der Waals surface area (Å²) in [6.45, 7) is 2.63. The summed E-state index contributed by atoms with van der Waals surface area (Å²) in [5.74, 6) is 0. The largest absolute Gasteiger partial charge is 0.323 e. The van der Waals surface area contributed by atoms with Gasteiger partial charge in [0.25, 0.3) is 0 Å². The Morgan fingerprint density at radius 1 is 1.09 bits per heavy atom. The lowest BCUT2D eigenvalue weighted by molar-refractivity contribution is 0.262. The van der Waals surface area contributed by atoms with Gasteiger partial charge in [-0.25, -0.2) is 14.5 Å². The standard InChI is InChI=1S/C17H17N5O/c1-13-3-2-4-16(9-13)21-17(23)20-15-7-5-14(6-8-15)10-22-12-18-11-19-22/h2-9,11-12H,10H2,1H3,(H2,20,21,23). The van der Waals surface area contributed by atoms with Crippen molar-refractivity contribution in [2.24, 2.45) is 0 Å². The van der Waals surface area contributed by atoms with Crippen LogP contribution in [0.2, 0.25) is 0 Å². The van der Waals surface area contributed by atoms with Crippen molar-refractivity contribution in [2.75, 3.05) is 10.6 Å². The molecule has 2 N–H and O–H groups in total. The number of nitrogens with one attached hydrogen (secondary N) is 2. The Balaban J connectivity index is 1.58. The highest BCUT2D eigenvalue weighted by Crippen LogP contribution is 2.13. The molecule has 3 aromatic rings. The maximum atomic E-state index is 12.0. The number of urea groups is 1. The van der Waals surface area contributed by atoms with E-state index in [0.29, 0.717) is 6.54 Å². The van der Waals surface area contributed by atoms with Gasteiger partial charge in [-0.2, -0.15) is 5.10 Å². The molecule has 0 aliphatic heterocycles. The van der Waals surface area contributed by atoms with Crippen molar-refractivity contribution in [3.8, 4) is 0 Å². The Morgan fingerprint density at radius 3 is 2.57 bits per heavy atom. The maximum absolute atomic E-state index is 12.0. The summed E-state index contributed by atoms with van der Waals surface area (Å²) in [6, 6.07) is 15.0. The van der Waals surface area contributed by atoms with E-state index in [0.717, 1.165) is 22.5 Å². The van der Waals surface area contributed by atoms with Crippen LogP contribution in [0, 0.1) is 6.92 Å². The van der Waals surface area contributed by atoms with E-state index in [1.807, 2.05) is 55.5 Å². The van der Waals surface area contributed by atoms with Crippen LogP contribution in [-0.2, 0) is 6.54 Å². The molecule has 0 fully saturated rings. The monoisotopic (exact) mass is 307 g/mol. The van der Waals surface area contributed by atoms with E-state index in [-0.39, 0.29) is 6.03 Å². The van der Waals surface area contributed by atoms with Crippen molar-refractivity contribution in [2.45, 2.75) is 13.5 Å². The second-order valence-electron chi connectivity index (χ2n) is 5.24. The fraction of sp³-hybridized carbons (Fsp3) is 0.118. The van der Waals surface area contributed by atoms with E-state index in [9.17, 15) is 4.79 Å². The number of carbonyl (C=O) groups is 1. The van der Waals surface area contributed by atoms with Crippen LogP contribution >= 0.6 is 0 Å². The van der Waals surface area contributed by atoms with Gasteiger partial charge in [0.1, 0.15) is 12.7 Å². The highest BCUT2D eigenvalue weighted by Gasteiger charge is 2.03. The van der Waals surface area contributed by atoms with E-state index in [1.165, 1.54) is 6.33 Å². The number of amides is 2. The number of hydrogen-bond acceptors (Lipinski definition) is 3. The zero-order valence-electron chi connectivity index (χ0n) is 12.7. The molecule has 0 radical (unpaired) electrons. The lowest BCUT2D eigenvalue weighted by atomic mass is 10.2. The smallest absolute Gasteiger partial charge is 0.308 e. The summed E-state index contributed by atoms with van der Waals surface area (Å²) in [6.07, 6.45) is 3.17.